The fourth-order valence-electron chi connectivity index (χ4n) is 1.80. The van der Waals surface area contributed by atoms with Crippen LogP contribution in [0, 0.1) is 17.2 Å². The molecule has 0 aliphatic rings. The first-order valence-electron chi connectivity index (χ1n) is 7.51. The third-order valence-corrected chi connectivity index (χ3v) is 3.11. The van der Waals surface area contributed by atoms with E-state index in [1.807, 2.05) is 12.1 Å². The van der Waals surface area contributed by atoms with E-state index in [9.17, 15) is 0 Å². The second kappa shape index (κ2) is 10.3. The predicted octanol–water partition coefficient (Wildman–Crippen LogP) is 3.89. The molecule has 0 bridgehead atoms. The molecule has 3 nitrogen and oxygen atoms in total. The molecule has 0 heterocycles. The van der Waals surface area contributed by atoms with Gasteiger partial charge in [-0.1, -0.05) is 26.0 Å². The molecule has 1 aromatic rings. The van der Waals surface area contributed by atoms with Gasteiger partial charge in [-0.25, -0.2) is 0 Å². The Kier molecular flexibility index (Phi) is 8.49. The Morgan fingerprint density at radius 3 is 2.60 bits per heavy atom. The first-order valence-corrected chi connectivity index (χ1v) is 7.51. The van der Waals surface area contributed by atoms with Crippen molar-refractivity contribution >= 4 is 0 Å². The van der Waals surface area contributed by atoms with E-state index in [-0.39, 0.29) is 0 Å². The molecule has 0 aromatic heterocycles. The van der Waals surface area contributed by atoms with E-state index in [0.29, 0.717) is 12.3 Å². The summed E-state index contributed by atoms with van der Waals surface area (Å²) in [6.07, 6.45) is 3.78. The number of benzene rings is 1. The van der Waals surface area contributed by atoms with E-state index in [1.165, 1.54) is 5.56 Å². The molecule has 1 rings (SSSR count). The van der Waals surface area contributed by atoms with Gasteiger partial charge in [0, 0.05) is 13.0 Å². The van der Waals surface area contributed by atoms with E-state index in [4.69, 9.17) is 10.00 Å². The molecule has 1 N–H and O–H groups in total. The molecule has 0 saturated carbocycles. The van der Waals surface area contributed by atoms with Crippen LogP contribution in [0.3, 0.4) is 0 Å². The lowest BCUT2D eigenvalue weighted by Crippen LogP contribution is -2.14. The Morgan fingerprint density at radius 1 is 1.20 bits per heavy atom. The van der Waals surface area contributed by atoms with Crippen molar-refractivity contribution in [3.05, 3.63) is 29.8 Å². The molecule has 0 spiro atoms. The van der Waals surface area contributed by atoms with E-state index < -0.39 is 0 Å². The minimum Gasteiger partial charge on any atom is -0.494 e. The van der Waals surface area contributed by atoms with Gasteiger partial charge >= 0.3 is 0 Å². The first kappa shape index (κ1) is 16.5. The number of hydrogen-bond donors (Lipinski definition) is 1. The maximum Gasteiger partial charge on any atom is 0.119 e. The van der Waals surface area contributed by atoms with Crippen molar-refractivity contribution in [2.24, 2.45) is 5.92 Å². The lowest BCUT2D eigenvalue weighted by molar-refractivity contribution is 0.289. The van der Waals surface area contributed by atoms with Crippen LogP contribution in [0.1, 0.15) is 45.1 Å². The van der Waals surface area contributed by atoms with Gasteiger partial charge in [0.05, 0.1) is 12.7 Å². The maximum atomic E-state index is 8.44. The molecule has 3 heteroatoms. The molecule has 0 amide bonds. The van der Waals surface area contributed by atoms with Crippen molar-refractivity contribution in [3.63, 3.8) is 0 Å². The Labute approximate surface area is 123 Å². The molecular formula is C17H26N2O. The van der Waals surface area contributed by atoms with Crippen LogP contribution in [0.15, 0.2) is 24.3 Å². The van der Waals surface area contributed by atoms with Gasteiger partial charge in [0.1, 0.15) is 5.75 Å². The van der Waals surface area contributed by atoms with Crippen molar-refractivity contribution in [1.29, 1.82) is 5.26 Å². The summed E-state index contributed by atoms with van der Waals surface area (Å²) in [7, 11) is 0. The molecule has 20 heavy (non-hydrogen) atoms. The largest absolute Gasteiger partial charge is 0.494 e. The Balaban J connectivity index is 2.17. The molecule has 0 aliphatic heterocycles. The van der Waals surface area contributed by atoms with Crippen LogP contribution in [0.2, 0.25) is 0 Å². The van der Waals surface area contributed by atoms with Crippen LogP contribution in [-0.2, 0) is 6.54 Å². The molecule has 0 saturated heterocycles. The molecule has 0 atom stereocenters. The van der Waals surface area contributed by atoms with Crippen molar-refractivity contribution in [2.45, 2.75) is 46.1 Å². The number of nitrogens with one attached hydrogen (secondary N) is 1. The second-order valence-corrected chi connectivity index (χ2v) is 5.47. The van der Waals surface area contributed by atoms with Crippen molar-refractivity contribution in [1.82, 2.24) is 5.32 Å². The third kappa shape index (κ3) is 7.81. The molecule has 0 fully saturated rings. The summed E-state index contributed by atoms with van der Waals surface area (Å²) >= 11 is 0. The number of ether oxygens (including phenoxy) is 1. The Bertz CT molecular complexity index is 392. The van der Waals surface area contributed by atoms with Gasteiger partial charge in [0.25, 0.3) is 0 Å². The smallest absolute Gasteiger partial charge is 0.119 e. The van der Waals surface area contributed by atoms with Gasteiger partial charge in [-0.05, 0) is 49.4 Å². The van der Waals surface area contributed by atoms with Gasteiger partial charge in [-0.3, -0.25) is 0 Å². The molecule has 0 unspecified atom stereocenters. The SMILES string of the molecule is CC(C)CCOc1ccc(CNCCCCC#N)cc1. The van der Waals surface area contributed by atoms with Gasteiger partial charge in [-0.2, -0.15) is 5.26 Å². The van der Waals surface area contributed by atoms with Crippen molar-refractivity contribution in [2.75, 3.05) is 13.2 Å². The predicted molar refractivity (Wildman–Crippen MR) is 82.6 cm³/mol. The third-order valence-electron chi connectivity index (χ3n) is 3.11. The van der Waals surface area contributed by atoms with Crippen LogP contribution in [-0.4, -0.2) is 13.2 Å². The summed E-state index contributed by atoms with van der Waals surface area (Å²) in [5, 5.41) is 11.8. The average molecular weight is 274 g/mol. The highest BCUT2D eigenvalue weighted by atomic mass is 16.5. The summed E-state index contributed by atoms with van der Waals surface area (Å²) in [4.78, 5) is 0. The van der Waals surface area contributed by atoms with E-state index in [2.05, 4.69) is 37.4 Å². The van der Waals surface area contributed by atoms with E-state index in [0.717, 1.165) is 44.7 Å². The minimum atomic E-state index is 0.657. The number of hydrogen-bond acceptors (Lipinski definition) is 3. The van der Waals surface area contributed by atoms with E-state index in [1.54, 1.807) is 0 Å². The zero-order chi connectivity index (χ0) is 14.6. The zero-order valence-corrected chi connectivity index (χ0v) is 12.7. The highest BCUT2D eigenvalue weighted by Gasteiger charge is 1.98. The van der Waals surface area contributed by atoms with Gasteiger partial charge in [0.15, 0.2) is 0 Å². The van der Waals surface area contributed by atoms with Crippen LogP contribution in [0.25, 0.3) is 0 Å². The molecule has 0 radical (unpaired) electrons. The highest BCUT2D eigenvalue weighted by molar-refractivity contribution is 5.27. The van der Waals surface area contributed by atoms with Crippen LogP contribution in [0.4, 0.5) is 0 Å². The number of nitriles is 1. The maximum absolute atomic E-state index is 8.44. The Hall–Kier alpha value is -1.53. The fraction of sp³-hybridized carbons (Fsp3) is 0.588. The molecule has 1 aromatic carbocycles. The lowest BCUT2D eigenvalue weighted by Gasteiger charge is -2.09. The highest BCUT2D eigenvalue weighted by Crippen LogP contribution is 2.13. The quantitative estimate of drug-likeness (QED) is 0.658. The van der Waals surface area contributed by atoms with Gasteiger partial charge in [0.2, 0.25) is 0 Å². The fourth-order valence-corrected chi connectivity index (χ4v) is 1.80. The summed E-state index contributed by atoms with van der Waals surface area (Å²) in [5.74, 6) is 1.63. The van der Waals surface area contributed by atoms with E-state index >= 15 is 0 Å². The number of rotatable bonds is 10. The minimum absolute atomic E-state index is 0.657. The number of unbranched alkanes of at least 4 members (excludes halogenated alkanes) is 2. The summed E-state index contributed by atoms with van der Waals surface area (Å²) in [6.45, 7) is 7.03. The molecule has 0 aliphatic carbocycles. The van der Waals surface area contributed by atoms with Gasteiger partial charge < -0.3 is 10.1 Å². The molecular weight excluding hydrogens is 248 g/mol. The lowest BCUT2D eigenvalue weighted by atomic mass is 10.1. The van der Waals surface area contributed by atoms with Crippen LogP contribution < -0.4 is 10.1 Å². The second-order valence-electron chi connectivity index (χ2n) is 5.47. The average Bonchev–Trinajstić information content (AvgIpc) is 2.44. The zero-order valence-electron chi connectivity index (χ0n) is 12.7. The summed E-state index contributed by atoms with van der Waals surface area (Å²) < 4.78 is 5.69. The normalized spacial score (nSPS) is 10.5. The summed E-state index contributed by atoms with van der Waals surface area (Å²) in [5.41, 5.74) is 1.27. The standard InChI is InChI=1S/C17H26N2O/c1-15(2)10-13-20-17-8-6-16(7-9-17)14-19-12-5-3-4-11-18/h6-9,15,19H,3-5,10,12-14H2,1-2H3. The van der Waals surface area contributed by atoms with Crippen LogP contribution in [0.5, 0.6) is 5.75 Å². The number of nitrogens with zero attached hydrogens (tertiary/aromatic N) is 1. The topological polar surface area (TPSA) is 45.0 Å². The van der Waals surface area contributed by atoms with Crippen molar-refractivity contribution in [3.8, 4) is 11.8 Å². The Morgan fingerprint density at radius 2 is 1.95 bits per heavy atom. The summed E-state index contributed by atoms with van der Waals surface area (Å²) in [6, 6.07) is 10.4. The van der Waals surface area contributed by atoms with Gasteiger partial charge in [-0.15, -0.1) is 0 Å². The van der Waals surface area contributed by atoms with Crippen LogP contribution >= 0.6 is 0 Å². The van der Waals surface area contributed by atoms with Crippen molar-refractivity contribution < 1.29 is 4.74 Å². The monoisotopic (exact) mass is 274 g/mol. The first-order chi connectivity index (χ1) is 9.72. The molecule has 110 valence electrons.